The molecule has 6 heteroatoms. The molecule has 0 N–H and O–H groups in total. The second-order valence-corrected chi connectivity index (χ2v) is 9.40. The van der Waals surface area contributed by atoms with Gasteiger partial charge < -0.3 is 0 Å². The molecule has 0 unspecified atom stereocenters. The fourth-order valence-electron chi connectivity index (χ4n) is 4.70. The Bertz CT molecular complexity index is 1130. The van der Waals surface area contributed by atoms with Crippen LogP contribution in [-0.2, 0) is 11.3 Å². The van der Waals surface area contributed by atoms with E-state index in [0.29, 0.717) is 18.0 Å². The molecule has 1 amide bonds. The highest BCUT2D eigenvalue weighted by Crippen LogP contribution is 2.33. The SMILES string of the molecule is O=C(CN1CCN(Cc2ccccc2)CC1)N1N=C(c2ccccc2)C[C@H]1c1ccc(Cl)cc1. The van der Waals surface area contributed by atoms with Crippen LogP contribution >= 0.6 is 11.6 Å². The predicted molar refractivity (Wildman–Crippen MR) is 137 cm³/mol. The molecule has 0 spiro atoms. The molecule has 0 saturated carbocycles. The number of nitrogens with zero attached hydrogens (tertiary/aromatic N) is 4. The number of carbonyl (C=O) groups is 1. The number of rotatable bonds is 6. The van der Waals surface area contributed by atoms with Crippen molar-refractivity contribution in [2.75, 3.05) is 32.7 Å². The quantitative estimate of drug-likeness (QED) is 0.515. The number of piperazine rings is 1. The van der Waals surface area contributed by atoms with Crippen LogP contribution in [0.25, 0.3) is 0 Å². The lowest BCUT2D eigenvalue weighted by Gasteiger charge is -2.35. The second-order valence-electron chi connectivity index (χ2n) is 8.96. The molecule has 3 aromatic carbocycles. The average Bonchev–Trinajstić information content (AvgIpc) is 3.33. The van der Waals surface area contributed by atoms with Crippen LogP contribution in [0.5, 0.6) is 0 Å². The Hall–Kier alpha value is -2.99. The van der Waals surface area contributed by atoms with Crippen molar-refractivity contribution < 1.29 is 4.79 Å². The van der Waals surface area contributed by atoms with E-state index >= 15 is 0 Å². The monoisotopic (exact) mass is 472 g/mol. The van der Waals surface area contributed by atoms with Crippen LogP contribution < -0.4 is 0 Å². The number of amides is 1. The number of hydrogen-bond acceptors (Lipinski definition) is 4. The summed E-state index contributed by atoms with van der Waals surface area (Å²) in [6, 6.07) is 28.3. The molecule has 1 atom stereocenters. The van der Waals surface area contributed by atoms with Crippen LogP contribution in [0.1, 0.15) is 29.2 Å². The fourth-order valence-corrected chi connectivity index (χ4v) is 4.83. The Labute approximate surface area is 206 Å². The van der Waals surface area contributed by atoms with Gasteiger partial charge in [-0.2, -0.15) is 5.10 Å². The lowest BCUT2D eigenvalue weighted by atomic mass is 9.98. The van der Waals surface area contributed by atoms with Gasteiger partial charge in [0.2, 0.25) is 0 Å². The summed E-state index contributed by atoms with van der Waals surface area (Å²) in [5, 5.41) is 7.19. The highest BCUT2D eigenvalue weighted by molar-refractivity contribution is 6.30. The lowest BCUT2D eigenvalue weighted by Crippen LogP contribution is -2.49. The van der Waals surface area contributed by atoms with Gasteiger partial charge in [-0.3, -0.25) is 14.6 Å². The van der Waals surface area contributed by atoms with E-state index in [1.54, 1.807) is 5.01 Å². The Morgan fingerprint density at radius 1 is 0.824 bits per heavy atom. The Balaban J connectivity index is 1.25. The second kappa shape index (κ2) is 10.5. The number of carbonyl (C=O) groups excluding carboxylic acids is 1. The molecule has 1 saturated heterocycles. The van der Waals surface area contributed by atoms with E-state index in [2.05, 4.69) is 46.2 Å². The van der Waals surface area contributed by atoms with Gasteiger partial charge in [-0.05, 0) is 28.8 Å². The minimum absolute atomic E-state index is 0.0439. The number of hydrogen-bond donors (Lipinski definition) is 0. The van der Waals surface area contributed by atoms with Gasteiger partial charge in [0.1, 0.15) is 0 Å². The van der Waals surface area contributed by atoms with Crippen molar-refractivity contribution in [3.05, 3.63) is 107 Å². The standard InChI is InChI=1S/C28H29ClN4O/c29-25-13-11-24(12-14-25)27-19-26(23-9-5-2-6-10-23)30-33(27)28(34)21-32-17-15-31(16-18-32)20-22-7-3-1-4-8-22/h1-14,27H,15-21H2/t27-/m0/s1. The van der Waals surface area contributed by atoms with E-state index in [-0.39, 0.29) is 11.9 Å². The van der Waals surface area contributed by atoms with Crippen molar-refractivity contribution in [2.24, 2.45) is 5.10 Å². The molecule has 1 fully saturated rings. The zero-order valence-electron chi connectivity index (χ0n) is 19.2. The third-order valence-electron chi connectivity index (χ3n) is 6.60. The molecular weight excluding hydrogens is 444 g/mol. The Kier molecular flexibility index (Phi) is 7.05. The summed E-state index contributed by atoms with van der Waals surface area (Å²) in [6.45, 7) is 5.02. The van der Waals surface area contributed by atoms with Crippen molar-refractivity contribution in [1.29, 1.82) is 0 Å². The largest absolute Gasteiger partial charge is 0.297 e. The van der Waals surface area contributed by atoms with Crippen LogP contribution in [0.3, 0.4) is 0 Å². The minimum atomic E-state index is -0.112. The summed E-state index contributed by atoms with van der Waals surface area (Å²) in [5.41, 5.74) is 4.39. The first-order valence-electron chi connectivity index (χ1n) is 11.8. The van der Waals surface area contributed by atoms with Crippen LogP contribution in [0, 0.1) is 0 Å². The fraction of sp³-hybridized carbons (Fsp3) is 0.286. The number of halogens is 1. The van der Waals surface area contributed by atoms with E-state index in [9.17, 15) is 4.79 Å². The third kappa shape index (κ3) is 5.39. The van der Waals surface area contributed by atoms with Crippen molar-refractivity contribution in [2.45, 2.75) is 19.0 Å². The van der Waals surface area contributed by atoms with E-state index in [1.807, 2.05) is 48.5 Å². The topological polar surface area (TPSA) is 39.2 Å². The van der Waals surface area contributed by atoms with Crippen LogP contribution in [-0.4, -0.2) is 59.2 Å². The lowest BCUT2D eigenvalue weighted by molar-refractivity contribution is -0.134. The molecule has 2 heterocycles. The summed E-state index contributed by atoms with van der Waals surface area (Å²) in [4.78, 5) is 18.2. The summed E-state index contributed by atoms with van der Waals surface area (Å²) in [5.74, 6) is 0.0439. The first-order chi connectivity index (χ1) is 16.7. The zero-order chi connectivity index (χ0) is 23.3. The predicted octanol–water partition coefficient (Wildman–Crippen LogP) is 4.84. The highest BCUT2D eigenvalue weighted by atomic mass is 35.5. The molecule has 0 aromatic heterocycles. The van der Waals surface area contributed by atoms with Gasteiger partial charge in [0, 0.05) is 44.2 Å². The molecule has 5 nitrogen and oxygen atoms in total. The number of benzene rings is 3. The van der Waals surface area contributed by atoms with Crippen LogP contribution in [0.4, 0.5) is 0 Å². The van der Waals surface area contributed by atoms with Crippen molar-refractivity contribution >= 4 is 23.2 Å². The van der Waals surface area contributed by atoms with Gasteiger partial charge in [-0.15, -0.1) is 0 Å². The van der Waals surface area contributed by atoms with Gasteiger partial charge in [0.25, 0.3) is 5.91 Å². The van der Waals surface area contributed by atoms with Crippen molar-refractivity contribution in [3.8, 4) is 0 Å². The van der Waals surface area contributed by atoms with Gasteiger partial charge in [0.05, 0.1) is 18.3 Å². The number of hydrazone groups is 1. The molecule has 5 rings (SSSR count). The highest BCUT2D eigenvalue weighted by Gasteiger charge is 2.34. The molecule has 2 aliphatic rings. The molecule has 0 aliphatic carbocycles. The molecule has 0 radical (unpaired) electrons. The summed E-state index contributed by atoms with van der Waals surface area (Å²) in [7, 11) is 0. The van der Waals surface area contributed by atoms with Crippen LogP contribution in [0.2, 0.25) is 5.02 Å². The summed E-state index contributed by atoms with van der Waals surface area (Å²) in [6.07, 6.45) is 0.697. The smallest absolute Gasteiger partial charge is 0.257 e. The first kappa shape index (κ1) is 22.8. The van der Waals surface area contributed by atoms with Gasteiger partial charge >= 0.3 is 0 Å². The average molecular weight is 473 g/mol. The molecule has 3 aromatic rings. The van der Waals surface area contributed by atoms with Crippen molar-refractivity contribution in [1.82, 2.24) is 14.8 Å². The van der Waals surface area contributed by atoms with E-state index < -0.39 is 0 Å². The molecule has 2 aliphatic heterocycles. The van der Waals surface area contributed by atoms with Crippen LogP contribution in [0.15, 0.2) is 90.0 Å². The maximum atomic E-state index is 13.5. The maximum Gasteiger partial charge on any atom is 0.257 e. The van der Waals surface area contributed by atoms with Gasteiger partial charge in [0.15, 0.2) is 0 Å². The minimum Gasteiger partial charge on any atom is -0.297 e. The molecule has 174 valence electrons. The summed E-state index contributed by atoms with van der Waals surface area (Å²) < 4.78 is 0. The third-order valence-corrected chi connectivity index (χ3v) is 6.85. The Morgan fingerprint density at radius 3 is 2.12 bits per heavy atom. The van der Waals surface area contributed by atoms with Gasteiger partial charge in [-0.25, -0.2) is 5.01 Å². The van der Waals surface area contributed by atoms with E-state index in [0.717, 1.165) is 49.6 Å². The first-order valence-corrected chi connectivity index (χ1v) is 12.2. The maximum absolute atomic E-state index is 13.5. The normalized spacial score (nSPS) is 19.3. The van der Waals surface area contributed by atoms with E-state index in [4.69, 9.17) is 16.7 Å². The van der Waals surface area contributed by atoms with Crippen molar-refractivity contribution in [3.63, 3.8) is 0 Å². The molecular formula is C28H29ClN4O. The Morgan fingerprint density at radius 2 is 1.44 bits per heavy atom. The van der Waals surface area contributed by atoms with E-state index in [1.165, 1.54) is 5.56 Å². The van der Waals surface area contributed by atoms with Gasteiger partial charge in [-0.1, -0.05) is 84.4 Å². The molecule has 34 heavy (non-hydrogen) atoms. The summed E-state index contributed by atoms with van der Waals surface area (Å²) >= 11 is 6.11. The molecule has 0 bridgehead atoms. The zero-order valence-corrected chi connectivity index (χ0v) is 19.9.